The summed E-state index contributed by atoms with van der Waals surface area (Å²) in [6, 6.07) is 2.08. The number of nitrogens with zero attached hydrogens (tertiary/aromatic N) is 3. The number of hydrogen-bond acceptors (Lipinski definition) is 3. The van der Waals surface area contributed by atoms with Crippen LogP contribution < -0.4 is 0 Å². The van der Waals surface area contributed by atoms with Crippen LogP contribution in [0.5, 0.6) is 0 Å². The van der Waals surface area contributed by atoms with Crippen LogP contribution in [0.3, 0.4) is 0 Å². The van der Waals surface area contributed by atoms with Crippen molar-refractivity contribution in [3.05, 3.63) is 29.0 Å². The Morgan fingerprint density at radius 3 is 2.19 bits per heavy atom. The number of halogens is 1. The van der Waals surface area contributed by atoms with Crippen molar-refractivity contribution in [2.75, 3.05) is 13.1 Å². The highest BCUT2D eigenvalue weighted by Gasteiger charge is 2.46. The number of amides is 1. The molecule has 2 aromatic rings. The molecule has 1 aliphatic rings. The van der Waals surface area contributed by atoms with Crippen molar-refractivity contribution in [2.45, 2.75) is 77.4 Å². The summed E-state index contributed by atoms with van der Waals surface area (Å²) in [4.78, 5) is 30.4. The molecule has 2 aromatic heterocycles. The molecule has 0 unspecified atom stereocenters. The number of aromatic nitrogens is 2. The average Bonchev–Trinajstić information content (AvgIpc) is 3.14. The highest BCUT2D eigenvalue weighted by molar-refractivity contribution is 6.82. The zero-order chi connectivity index (χ0) is 23.8. The van der Waals surface area contributed by atoms with Crippen molar-refractivity contribution in [2.24, 2.45) is 5.92 Å². The Kier molecular flexibility index (Phi) is 7.40. The van der Waals surface area contributed by atoms with Crippen molar-refractivity contribution in [1.29, 1.82) is 0 Å². The first-order valence-corrected chi connectivity index (χ1v) is 14.2. The van der Waals surface area contributed by atoms with E-state index in [2.05, 4.69) is 58.0 Å². The van der Waals surface area contributed by atoms with Crippen molar-refractivity contribution in [3.8, 4) is 0 Å². The van der Waals surface area contributed by atoms with Crippen LogP contribution in [-0.4, -0.2) is 52.4 Å². The van der Waals surface area contributed by atoms with Crippen molar-refractivity contribution in [1.82, 2.24) is 14.1 Å². The van der Waals surface area contributed by atoms with Gasteiger partial charge in [0.05, 0.1) is 5.02 Å². The van der Waals surface area contributed by atoms with Gasteiger partial charge in [-0.3, -0.25) is 4.79 Å². The van der Waals surface area contributed by atoms with E-state index in [1.54, 1.807) is 6.20 Å². The van der Waals surface area contributed by atoms with Crippen molar-refractivity contribution >= 4 is 42.7 Å². The molecule has 1 fully saturated rings. The number of carbonyl (C=O) groups is 2. The van der Waals surface area contributed by atoms with Gasteiger partial charge in [-0.15, -0.1) is 0 Å². The molecular formula is C24H36ClN3O3Si. The summed E-state index contributed by atoms with van der Waals surface area (Å²) in [6.07, 6.45) is 4.35. The summed E-state index contributed by atoms with van der Waals surface area (Å²) >= 11 is 6.56. The van der Waals surface area contributed by atoms with Gasteiger partial charge in [0.1, 0.15) is 11.4 Å². The third-order valence-corrected chi connectivity index (χ3v) is 14.6. The van der Waals surface area contributed by atoms with Gasteiger partial charge in [-0.1, -0.05) is 53.1 Å². The molecule has 1 amide bonds. The highest BCUT2D eigenvalue weighted by atomic mass is 35.5. The average molecular weight is 478 g/mol. The third kappa shape index (κ3) is 4.21. The van der Waals surface area contributed by atoms with Gasteiger partial charge in [0, 0.05) is 37.0 Å². The SMILES string of the molecule is CC(C)[Si](C(C)C)(C(C)C)n1ccc2c(CC(=O)C3CCN(C(=O)O)CC3)c(Cl)cnc21. The Hall–Kier alpha value is -1.86. The van der Waals surface area contributed by atoms with Crippen LogP contribution >= 0.6 is 11.6 Å². The highest BCUT2D eigenvalue weighted by Crippen LogP contribution is 2.44. The van der Waals surface area contributed by atoms with E-state index in [9.17, 15) is 9.59 Å². The molecule has 1 saturated heterocycles. The number of piperidine rings is 1. The minimum Gasteiger partial charge on any atom is -0.465 e. The van der Waals surface area contributed by atoms with Gasteiger partial charge in [0.15, 0.2) is 8.24 Å². The van der Waals surface area contributed by atoms with E-state index in [1.165, 1.54) is 4.90 Å². The van der Waals surface area contributed by atoms with Crippen molar-refractivity contribution < 1.29 is 14.7 Å². The van der Waals surface area contributed by atoms with Crippen LogP contribution in [0.25, 0.3) is 11.0 Å². The summed E-state index contributed by atoms with van der Waals surface area (Å²) in [5, 5.41) is 10.6. The second-order valence-electron chi connectivity index (χ2n) is 10.0. The monoisotopic (exact) mass is 477 g/mol. The minimum absolute atomic E-state index is 0.123. The lowest BCUT2D eigenvalue weighted by Crippen LogP contribution is -2.51. The predicted molar refractivity (Wildman–Crippen MR) is 132 cm³/mol. The molecule has 0 atom stereocenters. The fourth-order valence-electron chi connectivity index (χ4n) is 6.15. The fraction of sp³-hybridized carbons (Fsp3) is 0.625. The molecular weight excluding hydrogens is 442 g/mol. The topological polar surface area (TPSA) is 75.4 Å². The zero-order valence-corrected chi connectivity index (χ0v) is 21.8. The first-order chi connectivity index (χ1) is 15.0. The molecule has 0 aromatic carbocycles. The molecule has 3 heterocycles. The Labute approximate surface area is 197 Å². The Bertz CT molecular complexity index is 972. The molecule has 176 valence electrons. The molecule has 0 radical (unpaired) electrons. The molecule has 6 nitrogen and oxygen atoms in total. The molecule has 32 heavy (non-hydrogen) atoms. The number of likely N-dealkylation sites (tertiary alicyclic amines) is 1. The minimum atomic E-state index is -1.98. The Morgan fingerprint density at radius 2 is 1.69 bits per heavy atom. The predicted octanol–water partition coefficient (Wildman–Crippen LogP) is 6.21. The molecule has 1 N–H and O–H groups in total. The first-order valence-electron chi connectivity index (χ1n) is 11.7. The second-order valence-corrected chi connectivity index (χ2v) is 16.2. The standard InChI is InChI=1S/C24H36ClN3O3Si/c1-15(2)32(16(3)4,17(5)6)28-12-9-19-20(21(25)14-26-23(19)28)13-22(29)18-7-10-27(11-8-18)24(30)31/h9,12,14-18H,7-8,10-11,13H2,1-6H3,(H,30,31). The molecule has 3 rings (SSSR count). The van der Waals surface area contributed by atoms with Crippen LogP contribution in [0, 0.1) is 5.92 Å². The second kappa shape index (κ2) is 9.55. The number of pyridine rings is 1. The van der Waals surface area contributed by atoms with Crippen LogP contribution in [0.2, 0.25) is 21.6 Å². The van der Waals surface area contributed by atoms with Crippen molar-refractivity contribution in [3.63, 3.8) is 0 Å². The Morgan fingerprint density at radius 1 is 1.12 bits per heavy atom. The lowest BCUT2D eigenvalue weighted by atomic mass is 9.89. The van der Waals surface area contributed by atoms with E-state index in [1.807, 2.05) is 0 Å². The van der Waals surface area contributed by atoms with E-state index in [0.29, 0.717) is 47.6 Å². The van der Waals surface area contributed by atoms with Crippen LogP contribution in [0.15, 0.2) is 18.5 Å². The summed E-state index contributed by atoms with van der Waals surface area (Å²) in [6.45, 7) is 14.7. The number of carboxylic acid groups (broad SMARTS) is 1. The quantitative estimate of drug-likeness (QED) is 0.480. The van der Waals surface area contributed by atoms with Crippen LogP contribution in [0.1, 0.15) is 59.9 Å². The maximum absolute atomic E-state index is 13.1. The van der Waals surface area contributed by atoms with E-state index in [4.69, 9.17) is 21.7 Å². The number of hydrogen-bond donors (Lipinski definition) is 1. The molecule has 0 saturated carbocycles. The van der Waals surface area contributed by atoms with Gasteiger partial charge in [-0.25, -0.2) is 9.78 Å². The maximum atomic E-state index is 13.1. The van der Waals surface area contributed by atoms with Gasteiger partial charge >= 0.3 is 6.09 Å². The van der Waals surface area contributed by atoms with Gasteiger partial charge in [-0.2, -0.15) is 0 Å². The van der Waals surface area contributed by atoms with Gasteiger partial charge in [0.2, 0.25) is 0 Å². The molecule has 1 aliphatic heterocycles. The fourth-order valence-corrected chi connectivity index (χ4v) is 12.9. The maximum Gasteiger partial charge on any atom is 0.407 e. The first kappa shape index (κ1) is 24.8. The van der Waals surface area contributed by atoms with E-state index >= 15 is 0 Å². The van der Waals surface area contributed by atoms with E-state index < -0.39 is 14.3 Å². The number of ketones is 1. The lowest BCUT2D eigenvalue weighted by molar-refractivity contribution is -0.123. The smallest absolute Gasteiger partial charge is 0.407 e. The summed E-state index contributed by atoms with van der Waals surface area (Å²) in [5.74, 6) is 0.0136. The summed E-state index contributed by atoms with van der Waals surface area (Å²) in [7, 11) is -1.98. The van der Waals surface area contributed by atoms with E-state index in [0.717, 1.165) is 16.6 Å². The Balaban J connectivity index is 1.97. The molecule has 0 aliphatic carbocycles. The molecule has 8 heteroatoms. The summed E-state index contributed by atoms with van der Waals surface area (Å²) in [5.41, 5.74) is 3.36. The van der Waals surface area contributed by atoms with Crippen LogP contribution in [-0.2, 0) is 11.2 Å². The normalized spacial score (nSPS) is 16.0. The van der Waals surface area contributed by atoms with Crippen LogP contribution in [0.4, 0.5) is 4.79 Å². The summed E-state index contributed by atoms with van der Waals surface area (Å²) < 4.78 is 2.44. The zero-order valence-electron chi connectivity index (χ0n) is 20.1. The van der Waals surface area contributed by atoms with Gasteiger partial charge in [0.25, 0.3) is 0 Å². The molecule has 0 bridgehead atoms. The number of fused-ring (bicyclic) bond motifs is 1. The molecule has 0 spiro atoms. The largest absolute Gasteiger partial charge is 0.465 e. The van der Waals surface area contributed by atoms with Gasteiger partial charge < -0.3 is 14.2 Å². The van der Waals surface area contributed by atoms with Gasteiger partial charge in [-0.05, 0) is 47.3 Å². The van der Waals surface area contributed by atoms with E-state index in [-0.39, 0.29) is 18.1 Å². The number of Topliss-reactive ketones (excluding diaryl/α,β-unsaturated/α-hetero) is 1. The third-order valence-electron chi connectivity index (χ3n) is 7.54. The number of carbonyl (C=O) groups excluding carboxylic acids is 1. The number of rotatable bonds is 7. The lowest BCUT2D eigenvalue weighted by Gasteiger charge is -2.44.